The largest absolute Gasteiger partial charge is 0.480 e. The molecule has 0 spiro atoms. The van der Waals surface area contributed by atoms with E-state index < -0.39 is 11.5 Å². The Labute approximate surface area is 95.5 Å². The van der Waals surface area contributed by atoms with Gasteiger partial charge in [-0.1, -0.05) is 30.3 Å². The number of hydrogen-bond acceptors (Lipinski definition) is 2. The molecule has 86 valence electrons. The lowest BCUT2D eigenvalue weighted by molar-refractivity contribution is -0.146. The van der Waals surface area contributed by atoms with Crippen molar-refractivity contribution in [2.24, 2.45) is 0 Å². The van der Waals surface area contributed by atoms with Gasteiger partial charge in [0.1, 0.15) is 5.54 Å². The van der Waals surface area contributed by atoms with E-state index >= 15 is 0 Å². The summed E-state index contributed by atoms with van der Waals surface area (Å²) in [5, 5.41) is 12.6. The molecule has 0 amide bonds. The van der Waals surface area contributed by atoms with Crippen LogP contribution in [0.5, 0.6) is 0 Å². The third-order valence-corrected chi connectivity index (χ3v) is 3.25. The van der Waals surface area contributed by atoms with E-state index in [1.54, 1.807) is 0 Å². The smallest absolute Gasteiger partial charge is 0.324 e. The van der Waals surface area contributed by atoms with E-state index in [4.69, 9.17) is 0 Å². The van der Waals surface area contributed by atoms with Crippen LogP contribution >= 0.6 is 0 Å². The standard InChI is InChI=1S/C13H17NO2/c15-12(16)13(8-4-5-9-14-13)10-11-6-2-1-3-7-11/h1-3,6-7,14H,4-5,8-10H2,(H,15,16)/t13-/m0/s1. The summed E-state index contributed by atoms with van der Waals surface area (Å²) in [6.45, 7) is 0.805. The van der Waals surface area contributed by atoms with E-state index in [1.807, 2.05) is 30.3 Å². The zero-order valence-corrected chi connectivity index (χ0v) is 9.28. The quantitative estimate of drug-likeness (QED) is 0.815. The van der Waals surface area contributed by atoms with Gasteiger partial charge in [-0.15, -0.1) is 0 Å². The second kappa shape index (κ2) is 4.66. The number of carbonyl (C=O) groups is 1. The van der Waals surface area contributed by atoms with Gasteiger partial charge in [-0.05, 0) is 31.4 Å². The zero-order valence-electron chi connectivity index (χ0n) is 9.28. The zero-order chi connectivity index (χ0) is 11.4. The molecule has 2 N–H and O–H groups in total. The number of hydrogen-bond donors (Lipinski definition) is 2. The van der Waals surface area contributed by atoms with Gasteiger partial charge < -0.3 is 10.4 Å². The average molecular weight is 219 g/mol. The van der Waals surface area contributed by atoms with Gasteiger partial charge in [0.05, 0.1) is 0 Å². The number of piperidine rings is 1. The average Bonchev–Trinajstić information content (AvgIpc) is 2.31. The molecule has 1 aromatic rings. The summed E-state index contributed by atoms with van der Waals surface area (Å²) in [6.07, 6.45) is 3.36. The van der Waals surface area contributed by atoms with Gasteiger partial charge in [0.25, 0.3) is 0 Å². The summed E-state index contributed by atoms with van der Waals surface area (Å²) in [5.74, 6) is -0.726. The van der Waals surface area contributed by atoms with Crippen LogP contribution in [0.2, 0.25) is 0 Å². The van der Waals surface area contributed by atoms with E-state index in [0.717, 1.165) is 31.4 Å². The minimum Gasteiger partial charge on any atom is -0.480 e. The molecule has 1 atom stereocenters. The van der Waals surface area contributed by atoms with Crippen LogP contribution in [0, 0.1) is 0 Å². The maximum Gasteiger partial charge on any atom is 0.324 e. The molecular formula is C13H17NO2. The maximum atomic E-state index is 11.4. The number of carboxylic acid groups (broad SMARTS) is 1. The SMILES string of the molecule is O=C(O)[C@@]1(Cc2ccccc2)CCCCN1. The molecule has 1 aromatic carbocycles. The van der Waals surface area contributed by atoms with Crippen molar-refractivity contribution in [3.05, 3.63) is 35.9 Å². The number of benzene rings is 1. The summed E-state index contributed by atoms with van der Waals surface area (Å²) in [6, 6.07) is 9.83. The van der Waals surface area contributed by atoms with Crippen molar-refractivity contribution in [2.75, 3.05) is 6.54 Å². The predicted octanol–water partition coefficient (Wildman–Crippen LogP) is 1.83. The third-order valence-electron chi connectivity index (χ3n) is 3.25. The fourth-order valence-electron chi connectivity index (χ4n) is 2.32. The first-order valence-corrected chi connectivity index (χ1v) is 5.75. The lowest BCUT2D eigenvalue weighted by Gasteiger charge is -2.34. The Bertz CT molecular complexity index is 355. The second-order valence-corrected chi connectivity index (χ2v) is 4.43. The number of rotatable bonds is 3. The molecule has 1 heterocycles. The first kappa shape index (κ1) is 11.1. The Morgan fingerprint density at radius 2 is 2.06 bits per heavy atom. The minimum absolute atomic E-state index is 0.573. The van der Waals surface area contributed by atoms with Crippen LogP contribution < -0.4 is 5.32 Å². The van der Waals surface area contributed by atoms with E-state index in [-0.39, 0.29) is 0 Å². The van der Waals surface area contributed by atoms with Gasteiger partial charge in [0, 0.05) is 6.42 Å². The van der Waals surface area contributed by atoms with Gasteiger partial charge in [0.15, 0.2) is 0 Å². The highest BCUT2D eigenvalue weighted by Crippen LogP contribution is 2.24. The van der Waals surface area contributed by atoms with Gasteiger partial charge in [-0.2, -0.15) is 0 Å². The van der Waals surface area contributed by atoms with Crippen LogP contribution in [0.4, 0.5) is 0 Å². The molecule has 3 nitrogen and oxygen atoms in total. The number of carboxylic acids is 1. The topological polar surface area (TPSA) is 49.3 Å². The van der Waals surface area contributed by atoms with Crippen molar-refractivity contribution in [2.45, 2.75) is 31.2 Å². The molecule has 0 aliphatic carbocycles. The first-order chi connectivity index (χ1) is 7.73. The Kier molecular flexibility index (Phi) is 3.25. The van der Waals surface area contributed by atoms with Crippen LogP contribution in [-0.2, 0) is 11.2 Å². The molecule has 0 radical (unpaired) electrons. The highest BCUT2D eigenvalue weighted by molar-refractivity contribution is 5.79. The molecule has 1 fully saturated rings. The maximum absolute atomic E-state index is 11.4. The normalized spacial score (nSPS) is 25.2. The number of aliphatic carboxylic acids is 1. The van der Waals surface area contributed by atoms with Gasteiger partial charge in [-0.25, -0.2) is 0 Å². The molecule has 0 saturated carbocycles. The Hall–Kier alpha value is -1.35. The summed E-state index contributed by atoms with van der Waals surface area (Å²) in [4.78, 5) is 11.4. The van der Waals surface area contributed by atoms with Crippen molar-refractivity contribution in [1.82, 2.24) is 5.32 Å². The Balaban J connectivity index is 2.17. The van der Waals surface area contributed by atoms with Crippen LogP contribution in [0.25, 0.3) is 0 Å². The lowest BCUT2D eigenvalue weighted by Crippen LogP contribution is -2.56. The third kappa shape index (κ3) is 2.25. The molecule has 0 bridgehead atoms. The first-order valence-electron chi connectivity index (χ1n) is 5.75. The fraction of sp³-hybridized carbons (Fsp3) is 0.462. The highest BCUT2D eigenvalue weighted by atomic mass is 16.4. The molecule has 2 rings (SSSR count). The van der Waals surface area contributed by atoms with Crippen molar-refractivity contribution < 1.29 is 9.90 Å². The van der Waals surface area contributed by atoms with Crippen LogP contribution in [-0.4, -0.2) is 23.2 Å². The van der Waals surface area contributed by atoms with Crippen molar-refractivity contribution in [3.63, 3.8) is 0 Å². The molecule has 1 saturated heterocycles. The van der Waals surface area contributed by atoms with E-state index in [9.17, 15) is 9.90 Å². The van der Waals surface area contributed by atoms with Crippen LogP contribution in [0.3, 0.4) is 0 Å². The summed E-state index contributed by atoms with van der Waals surface area (Å²) in [5.41, 5.74) is 0.332. The number of nitrogens with one attached hydrogen (secondary N) is 1. The molecule has 1 aliphatic rings. The molecule has 0 unspecified atom stereocenters. The lowest BCUT2D eigenvalue weighted by atomic mass is 9.83. The van der Waals surface area contributed by atoms with E-state index in [2.05, 4.69) is 5.32 Å². The van der Waals surface area contributed by atoms with E-state index in [1.165, 1.54) is 0 Å². The molecule has 3 heteroatoms. The predicted molar refractivity (Wildman–Crippen MR) is 62.4 cm³/mol. The van der Waals surface area contributed by atoms with Crippen molar-refractivity contribution >= 4 is 5.97 Å². The van der Waals surface area contributed by atoms with Gasteiger partial charge in [-0.3, -0.25) is 4.79 Å². The molecule has 1 aliphatic heterocycles. The minimum atomic E-state index is -0.750. The van der Waals surface area contributed by atoms with Crippen LogP contribution in [0.15, 0.2) is 30.3 Å². The van der Waals surface area contributed by atoms with Crippen LogP contribution in [0.1, 0.15) is 24.8 Å². The Morgan fingerprint density at radius 3 is 2.62 bits per heavy atom. The second-order valence-electron chi connectivity index (χ2n) is 4.43. The molecular weight excluding hydrogens is 202 g/mol. The summed E-state index contributed by atoms with van der Waals surface area (Å²) >= 11 is 0. The molecule has 0 aromatic heterocycles. The summed E-state index contributed by atoms with van der Waals surface area (Å²) < 4.78 is 0. The monoisotopic (exact) mass is 219 g/mol. The van der Waals surface area contributed by atoms with Gasteiger partial charge >= 0.3 is 5.97 Å². The van der Waals surface area contributed by atoms with Gasteiger partial charge in [0.2, 0.25) is 0 Å². The highest BCUT2D eigenvalue weighted by Gasteiger charge is 2.39. The Morgan fingerprint density at radius 1 is 1.31 bits per heavy atom. The van der Waals surface area contributed by atoms with E-state index in [0.29, 0.717) is 6.42 Å². The fourth-order valence-corrected chi connectivity index (χ4v) is 2.32. The molecule has 16 heavy (non-hydrogen) atoms. The van der Waals surface area contributed by atoms with Crippen molar-refractivity contribution in [1.29, 1.82) is 0 Å². The summed E-state index contributed by atoms with van der Waals surface area (Å²) in [7, 11) is 0. The van der Waals surface area contributed by atoms with Crippen molar-refractivity contribution in [3.8, 4) is 0 Å².